The average Bonchev–Trinajstić information content (AvgIpc) is 2.17. The van der Waals surface area contributed by atoms with Crippen LogP contribution in [0.4, 0.5) is 5.69 Å². The minimum atomic E-state index is 0.338. The summed E-state index contributed by atoms with van der Waals surface area (Å²) in [4.78, 5) is 2.49. The number of anilines is 1. The van der Waals surface area contributed by atoms with Crippen LogP contribution in [0.3, 0.4) is 0 Å². The molecule has 2 N–H and O–H groups in total. The van der Waals surface area contributed by atoms with Crippen molar-refractivity contribution < 1.29 is 0 Å². The third kappa shape index (κ3) is 3.08. The van der Waals surface area contributed by atoms with Crippen molar-refractivity contribution in [3.63, 3.8) is 0 Å². The molecule has 0 fully saturated rings. The second-order valence-electron chi connectivity index (χ2n) is 3.45. The first-order valence-electron chi connectivity index (χ1n) is 4.86. The van der Waals surface area contributed by atoms with Gasteiger partial charge in [-0.05, 0) is 24.6 Å². The lowest BCUT2D eigenvalue weighted by Gasteiger charge is -2.19. The normalized spacial score (nSPS) is 10.1. The topological polar surface area (TPSA) is 29.3 Å². The lowest BCUT2D eigenvalue weighted by atomic mass is 10.2. The minimum Gasteiger partial charge on any atom is -0.389 e. The van der Waals surface area contributed by atoms with Crippen molar-refractivity contribution in [2.24, 2.45) is 5.73 Å². The molecule has 0 aliphatic heterocycles. The molecule has 2 nitrogen and oxygen atoms in total. The molecule has 0 bridgehead atoms. The number of nitrogens with two attached hydrogens (primary N) is 1. The van der Waals surface area contributed by atoms with Gasteiger partial charge in [0.05, 0.1) is 5.02 Å². The van der Waals surface area contributed by atoms with Gasteiger partial charge in [-0.1, -0.05) is 30.7 Å². The van der Waals surface area contributed by atoms with Gasteiger partial charge in [0.25, 0.3) is 0 Å². The molecule has 0 atom stereocenters. The van der Waals surface area contributed by atoms with Gasteiger partial charge in [0.15, 0.2) is 0 Å². The van der Waals surface area contributed by atoms with Gasteiger partial charge in [-0.2, -0.15) is 0 Å². The van der Waals surface area contributed by atoms with Crippen LogP contribution < -0.4 is 10.6 Å². The standard InChI is InChI=1S/C11H15ClN2S/c1-3-6-14(2)8-4-5-9(11(13)15)10(12)7-8/h4-5,7H,3,6H2,1-2H3,(H2,13,15). The van der Waals surface area contributed by atoms with E-state index in [0.717, 1.165) is 24.2 Å². The Morgan fingerprint density at radius 1 is 1.53 bits per heavy atom. The van der Waals surface area contributed by atoms with E-state index in [2.05, 4.69) is 11.8 Å². The highest BCUT2D eigenvalue weighted by atomic mass is 35.5. The second kappa shape index (κ2) is 5.33. The van der Waals surface area contributed by atoms with Crippen LogP contribution in [0.15, 0.2) is 18.2 Å². The zero-order valence-corrected chi connectivity index (χ0v) is 10.5. The molecule has 1 rings (SSSR count). The van der Waals surface area contributed by atoms with Gasteiger partial charge >= 0.3 is 0 Å². The van der Waals surface area contributed by atoms with Crippen LogP contribution in [0.25, 0.3) is 0 Å². The maximum atomic E-state index is 6.07. The lowest BCUT2D eigenvalue weighted by Crippen LogP contribution is -2.18. The SMILES string of the molecule is CCCN(C)c1ccc(C(N)=S)c(Cl)c1. The summed E-state index contributed by atoms with van der Waals surface area (Å²) in [5.41, 5.74) is 7.35. The summed E-state index contributed by atoms with van der Waals surface area (Å²) >= 11 is 11.0. The number of halogens is 1. The smallest absolute Gasteiger partial charge is 0.105 e. The Bertz CT molecular complexity index is 366. The summed E-state index contributed by atoms with van der Waals surface area (Å²) in [6.45, 7) is 3.14. The van der Waals surface area contributed by atoms with E-state index in [4.69, 9.17) is 29.6 Å². The van der Waals surface area contributed by atoms with Crippen molar-refractivity contribution in [2.45, 2.75) is 13.3 Å². The van der Waals surface area contributed by atoms with Gasteiger partial charge in [-0.3, -0.25) is 0 Å². The van der Waals surface area contributed by atoms with E-state index in [-0.39, 0.29) is 0 Å². The summed E-state index contributed by atoms with van der Waals surface area (Å²) in [5, 5.41) is 0.614. The van der Waals surface area contributed by atoms with Gasteiger partial charge < -0.3 is 10.6 Å². The fourth-order valence-corrected chi connectivity index (χ4v) is 1.92. The van der Waals surface area contributed by atoms with E-state index < -0.39 is 0 Å². The molecule has 0 spiro atoms. The van der Waals surface area contributed by atoms with Crippen LogP contribution >= 0.6 is 23.8 Å². The van der Waals surface area contributed by atoms with E-state index in [1.807, 2.05) is 25.2 Å². The molecule has 15 heavy (non-hydrogen) atoms. The van der Waals surface area contributed by atoms with Crippen molar-refractivity contribution in [3.8, 4) is 0 Å². The van der Waals surface area contributed by atoms with Gasteiger partial charge in [-0.25, -0.2) is 0 Å². The van der Waals surface area contributed by atoms with E-state index in [1.54, 1.807) is 0 Å². The molecule has 82 valence electrons. The summed E-state index contributed by atoms with van der Waals surface area (Å²) in [6, 6.07) is 5.74. The summed E-state index contributed by atoms with van der Waals surface area (Å²) in [5.74, 6) is 0. The number of hydrogen-bond donors (Lipinski definition) is 1. The van der Waals surface area contributed by atoms with Crippen LogP contribution in [0.2, 0.25) is 5.02 Å². The maximum Gasteiger partial charge on any atom is 0.105 e. The third-order valence-corrected chi connectivity index (χ3v) is 2.75. The second-order valence-corrected chi connectivity index (χ2v) is 4.30. The predicted molar refractivity (Wildman–Crippen MR) is 70.9 cm³/mol. The summed E-state index contributed by atoms with van der Waals surface area (Å²) in [7, 11) is 2.04. The van der Waals surface area contributed by atoms with E-state index in [0.29, 0.717) is 10.0 Å². The van der Waals surface area contributed by atoms with E-state index in [9.17, 15) is 0 Å². The van der Waals surface area contributed by atoms with Gasteiger partial charge in [0.2, 0.25) is 0 Å². The van der Waals surface area contributed by atoms with Crippen molar-refractivity contribution in [2.75, 3.05) is 18.5 Å². The molecular formula is C11H15ClN2S. The quantitative estimate of drug-likeness (QED) is 0.824. The largest absolute Gasteiger partial charge is 0.389 e. The first-order chi connectivity index (χ1) is 7.06. The average molecular weight is 243 g/mol. The van der Waals surface area contributed by atoms with Crippen LogP contribution in [-0.2, 0) is 0 Å². The molecule has 1 aromatic carbocycles. The highest BCUT2D eigenvalue weighted by Gasteiger charge is 2.06. The Balaban J connectivity index is 2.96. The van der Waals surface area contributed by atoms with E-state index >= 15 is 0 Å². The van der Waals surface area contributed by atoms with E-state index in [1.165, 1.54) is 0 Å². The zero-order chi connectivity index (χ0) is 11.4. The molecule has 1 aromatic rings. The molecule has 0 aliphatic rings. The van der Waals surface area contributed by atoms with Gasteiger partial charge in [0, 0.05) is 24.8 Å². The Morgan fingerprint density at radius 2 is 2.20 bits per heavy atom. The molecule has 0 saturated carbocycles. The highest BCUT2D eigenvalue weighted by Crippen LogP contribution is 2.23. The Morgan fingerprint density at radius 3 is 2.67 bits per heavy atom. The van der Waals surface area contributed by atoms with Crippen molar-refractivity contribution in [1.29, 1.82) is 0 Å². The Labute approximate surface area is 101 Å². The van der Waals surface area contributed by atoms with Crippen LogP contribution in [0.5, 0.6) is 0 Å². The first kappa shape index (κ1) is 12.3. The lowest BCUT2D eigenvalue weighted by molar-refractivity contribution is 0.852. The molecule has 0 unspecified atom stereocenters. The zero-order valence-electron chi connectivity index (χ0n) is 8.96. The number of rotatable bonds is 4. The first-order valence-corrected chi connectivity index (χ1v) is 5.65. The molecule has 0 radical (unpaired) electrons. The molecule has 0 saturated heterocycles. The highest BCUT2D eigenvalue weighted by molar-refractivity contribution is 7.80. The van der Waals surface area contributed by atoms with Crippen LogP contribution in [0, 0.1) is 0 Å². The Kier molecular flexibility index (Phi) is 4.36. The fourth-order valence-electron chi connectivity index (χ4n) is 1.41. The van der Waals surface area contributed by atoms with Crippen molar-refractivity contribution in [3.05, 3.63) is 28.8 Å². The molecule has 0 aliphatic carbocycles. The fraction of sp³-hybridized carbons (Fsp3) is 0.364. The third-order valence-electron chi connectivity index (χ3n) is 2.22. The number of thiocarbonyl (C=S) groups is 1. The minimum absolute atomic E-state index is 0.338. The van der Waals surface area contributed by atoms with Crippen LogP contribution in [-0.4, -0.2) is 18.6 Å². The Hall–Kier alpha value is -0.800. The number of hydrogen-bond acceptors (Lipinski definition) is 2. The summed E-state index contributed by atoms with van der Waals surface area (Å²) < 4.78 is 0. The van der Waals surface area contributed by atoms with Crippen molar-refractivity contribution >= 4 is 34.5 Å². The maximum absolute atomic E-state index is 6.07. The van der Waals surface area contributed by atoms with Gasteiger partial charge in [0.1, 0.15) is 4.99 Å². The number of benzene rings is 1. The molecular weight excluding hydrogens is 228 g/mol. The molecule has 0 heterocycles. The predicted octanol–water partition coefficient (Wildman–Crippen LogP) is 2.82. The van der Waals surface area contributed by atoms with Crippen molar-refractivity contribution in [1.82, 2.24) is 0 Å². The summed E-state index contributed by atoms with van der Waals surface area (Å²) in [6.07, 6.45) is 1.10. The number of nitrogens with zero attached hydrogens (tertiary/aromatic N) is 1. The molecule has 0 aromatic heterocycles. The molecule has 0 amide bonds. The molecule has 4 heteroatoms. The van der Waals surface area contributed by atoms with Crippen LogP contribution in [0.1, 0.15) is 18.9 Å². The monoisotopic (exact) mass is 242 g/mol. The van der Waals surface area contributed by atoms with Gasteiger partial charge in [-0.15, -0.1) is 0 Å².